The molecule has 1 aromatic carbocycles. The van der Waals surface area contributed by atoms with Crippen molar-refractivity contribution >= 4 is 22.9 Å². The van der Waals surface area contributed by atoms with Crippen LogP contribution in [0.5, 0.6) is 0 Å². The quantitative estimate of drug-likeness (QED) is 0.370. The second-order valence-corrected chi connectivity index (χ2v) is 7.85. The number of guanidine groups is 1. The van der Waals surface area contributed by atoms with E-state index in [4.69, 9.17) is 0 Å². The fourth-order valence-corrected chi connectivity index (χ4v) is 2.86. The summed E-state index contributed by atoms with van der Waals surface area (Å²) in [5, 5.41) is 9.44. The average Bonchev–Trinajstić information content (AvgIpc) is 2.96. The number of rotatable bonds is 8. The molecule has 0 radical (unpaired) electrons. The van der Waals surface area contributed by atoms with Crippen LogP contribution in [-0.4, -0.2) is 47.6 Å². The maximum absolute atomic E-state index is 11.9. The van der Waals surface area contributed by atoms with E-state index in [-0.39, 0.29) is 11.3 Å². The number of nitrogens with one attached hydrogen (secondary N) is 3. The third kappa shape index (κ3) is 6.25. The van der Waals surface area contributed by atoms with Gasteiger partial charge in [-0.1, -0.05) is 32.9 Å². The number of fused-ring (bicyclic) bond motifs is 1. The van der Waals surface area contributed by atoms with Gasteiger partial charge in [-0.05, 0) is 32.4 Å². The fourth-order valence-electron chi connectivity index (χ4n) is 2.86. The van der Waals surface area contributed by atoms with Crippen molar-refractivity contribution < 1.29 is 4.79 Å². The van der Waals surface area contributed by atoms with E-state index < -0.39 is 0 Å². The molecule has 7 nitrogen and oxygen atoms in total. The third-order valence-corrected chi connectivity index (χ3v) is 4.38. The first-order chi connectivity index (χ1) is 13.3. The number of amides is 1. The van der Waals surface area contributed by atoms with Crippen LogP contribution in [0.15, 0.2) is 29.3 Å². The van der Waals surface area contributed by atoms with Gasteiger partial charge < -0.3 is 20.5 Å². The molecule has 28 heavy (non-hydrogen) atoms. The molecule has 3 N–H and O–H groups in total. The van der Waals surface area contributed by atoms with Crippen LogP contribution in [0.25, 0.3) is 11.0 Å². The molecule has 0 aliphatic heterocycles. The Balaban J connectivity index is 1.80. The van der Waals surface area contributed by atoms with E-state index in [9.17, 15) is 4.79 Å². The maximum atomic E-state index is 11.9. The molecule has 0 saturated carbocycles. The minimum Gasteiger partial charge on any atom is -0.357 e. The minimum absolute atomic E-state index is 0.0548. The predicted molar refractivity (Wildman–Crippen MR) is 116 cm³/mol. The lowest BCUT2D eigenvalue weighted by atomic mass is 9.96. The van der Waals surface area contributed by atoms with Crippen molar-refractivity contribution in [2.24, 2.45) is 10.4 Å². The van der Waals surface area contributed by atoms with Crippen LogP contribution in [0.3, 0.4) is 0 Å². The van der Waals surface area contributed by atoms with Crippen molar-refractivity contribution in [1.29, 1.82) is 0 Å². The summed E-state index contributed by atoms with van der Waals surface area (Å²) in [7, 11) is 0. The number of nitrogens with zero attached hydrogens (tertiary/aromatic N) is 3. The van der Waals surface area contributed by atoms with E-state index in [1.807, 2.05) is 52.8 Å². The van der Waals surface area contributed by atoms with E-state index >= 15 is 0 Å². The van der Waals surface area contributed by atoms with Crippen molar-refractivity contribution in [3.05, 3.63) is 30.1 Å². The van der Waals surface area contributed by atoms with E-state index in [0.29, 0.717) is 13.1 Å². The van der Waals surface area contributed by atoms with Crippen LogP contribution in [0, 0.1) is 12.3 Å². The second kappa shape index (κ2) is 10.1. The lowest BCUT2D eigenvalue weighted by Gasteiger charge is -2.18. The second-order valence-electron chi connectivity index (χ2n) is 7.85. The molecule has 2 rings (SSSR count). The Hall–Kier alpha value is -2.57. The number of aromatic nitrogens is 2. The summed E-state index contributed by atoms with van der Waals surface area (Å²) < 4.78 is 2.24. The number of benzene rings is 1. The SMILES string of the molecule is CCNC(=NCCCn1c(C)nc2ccccc21)NCCNC(=O)C(C)(C)C. The summed E-state index contributed by atoms with van der Waals surface area (Å²) in [6, 6.07) is 8.21. The number of imidazole rings is 1. The molecule has 1 heterocycles. The van der Waals surface area contributed by atoms with Crippen molar-refractivity contribution in [2.75, 3.05) is 26.2 Å². The molecule has 0 bridgehead atoms. The Morgan fingerprint density at radius 2 is 1.86 bits per heavy atom. The van der Waals surface area contributed by atoms with Gasteiger partial charge in [0.05, 0.1) is 11.0 Å². The predicted octanol–water partition coefficient (Wildman–Crippen LogP) is 2.45. The molecular weight excluding hydrogens is 352 g/mol. The molecule has 0 saturated heterocycles. The average molecular weight is 387 g/mol. The Kier molecular flexibility index (Phi) is 7.84. The van der Waals surface area contributed by atoms with E-state index in [1.54, 1.807) is 0 Å². The zero-order chi connectivity index (χ0) is 20.6. The Bertz CT molecular complexity index is 803. The summed E-state index contributed by atoms with van der Waals surface area (Å²) in [5.74, 6) is 1.86. The van der Waals surface area contributed by atoms with E-state index in [2.05, 4.69) is 36.6 Å². The molecule has 0 aliphatic carbocycles. The Labute approximate surface area is 168 Å². The molecule has 0 unspecified atom stereocenters. The normalized spacial score (nSPS) is 12.2. The number of aliphatic imine (C=N–C) groups is 1. The first kappa shape index (κ1) is 21.7. The van der Waals surface area contributed by atoms with Gasteiger partial charge in [0.1, 0.15) is 5.82 Å². The van der Waals surface area contributed by atoms with Gasteiger partial charge in [-0.25, -0.2) is 4.98 Å². The highest BCUT2D eigenvalue weighted by Gasteiger charge is 2.20. The highest BCUT2D eigenvalue weighted by atomic mass is 16.2. The first-order valence-corrected chi connectivity index (χ1v) is 10.0. The van der Waals surface area contributed by atoms with Crippen LogP contribution < -0.4 is 16.0 Å². The van der Waals surface area contributed by atoms with Gasteiger partial charge in [-0.2, -0.15) is 0 Å². The summed E-state index contributed by atoms with van der Waals surface area (Å²) in [6.07, 6.45) is 0.929. The molecule has 1 amide bonds. The monoisotopic (exact) mass is 386 g/mol. The first-order valence-electron chi connectivity index (χ1n) is 10.0. The molecule has 1 aromatic heterocycles. The van der Waals surface area contributed by atoms with Gasteiger partial charge in [-0.15, -0.1) is 0 Å². The van der Waals surface area contributed by atoms with Crippen molar-refractivity contribution in [3.8, 4) is 0 Å². The number of hydrogen-bond donors (Lipinski definition) is 3. The van der Waals surface area contributed by atoms with Crippen LogP contribution in [0.2, 0.25) is 0 Å². The highest BCUT2D eigenvalue weighted by molar-refractivity contribution is 5.82. The zero-order valence-corrected chi connectivity index (χ0v) is 17.8. The van der Waals surface area contributed by atoms with Gasteiger partial charge in [-0.3, -0.25) is 9.79 Å². The van der Waals surface area contributed by atoms with Gasteiger partial charge in [0.2, 0.25) is 5.91 Å². The minimum atomic E-state index is -0.367. The van der Waals surface area contributed by atoms with Gasteiger partial charge >= 0.3 is 0 Å². The molecule has 0 fully saturated rings. The van der Waals surface area contributed by atoms with Crippen molar-refractivity contribution in [2.45, 2.75) is 47.6 Å². The Morgan fingerprint density at radius 1 is 1.14 bits per heavy atom. The summed E-state index contributed by atoms with van der Waals surface area (Å²) >= 11 is 0. The van der Waals surface area contributed by atoms with Crippen LogP contribution in [0.1, 0.15) is 39.9 Å². The number of aryl methyl sites for hydroxylation is 2. The summed E-state index contributed by atoms with van der Waals surface area (Å²) in [4.78, 5) is 21.1. The van der Waals surface area contributed by atoms with Gasteiger partial charge in [0.15, 0.2) is 5.96 Å². The van der Waals surface area contributed by atoms with Gasteiger partial charge in [0, 0.05) is 38.1 Å². The summed E-state index contributed by atoms with van der Waals surface area (Å²) in [5.41, 5.74) is 1.84. The van der Waals surface area contributed by atoms with E-state index in [0.717, 1.165) is 43.4 Å². The fraction of sp³-hybridized carbons (Fsp3) is 0.571. The molecular formula is C21H34N6O. The van der Waals surface area contributed by atoms with Gasteiger partial charge in [0.25, 0.3) is 0 Å². The van der Waals surface area contributed by atoms with Crippen molar-refractivity contribution in [1.82, 2.24) is 25.5 Å². The molecule has 7 heteroatoms. The van der Waals surface area contributed by atoms with Crippen LogP contribution in [-0.2, 0) is 11.3 Å². The lowest BCUT2D eigenvalue weighted by molar-refractivity contribution is -0.128. The number of carbonyl (C=O) groups is 1. The summed E-state index contributed by atoms with van der Waals surface area (Å²) in [6.45, 7) is 13.4. The molecule has 2 aromatic rings. The zero-order valence-electron chi connectivity index (χ0n) is 17.8. The molecule has 154 valence electrons. The van der Waals surface area contributed by atoms with Crippen molar-refractivity contribution in [3.63, 3.8) is 0 Å². The van der Waals surface area contributed by atoms with Crippen LogP contribution in [0.4, 0.5) is 0 Å². The third-order valence-electron chi connectivity index (χ3n) is 4.38. The smallest absolute Gasteiger partial charge is 0.225 e. The molecule has 0 atom stereocenters. The molecule has 0 spiro atoms. The topological polar surface area (TPSA) is 83.3 Å². The lowest BCUT2D eigenvalue weighted by Crippen LogP contribution is -2.43. The van der Waals surface area contributed by atoms with E-state index in [1.165, 1.54) is 5.52 Å². The Morgan fingerprint density at radius 3 is 2.57 bits per heavy atom. The standard InChI is InChI=1S/C21H34N6O/c1-6-22-20(25-14-13-23-19(28)21(3,4)5)24-12-9-15-27-16(2)26-17-10-7-8-11-18(17)27/h7-8,10-11H,6,9,12-15H2,1-5H3,(H,23,28)(H2,22,24,25). The number of para-hydroxylation sites is 2. The van der Waals surface area contributed by atoms with Crippen LogP contribution >= 0.6 is 0 Å². The number of hydrogen-bond acceptors (Lipinski definition) is 3. The molecule has 0 aliphatic rings. The maximum Gasteiger partial charge on any atom is 0.225 e. The number of carbonyl (C=O) groups excluding carboxylic acids is 1. The largest absolute Gasteiger partial charge is 0.357 e. The highest BCUT2D eigenvalue weighted by Crippen LogP contribution is 2.15.